The van der Waals surface area contributed by atoms with Crippen molar-refractivity contribution in [3.63, 3.8) is 0 Å². The number of aliphatic imine (C=N–C) groups is 1. The highest BCUT2D eigenvalue weighted by Crippen LogP contribution is 2.23. The maximum atomic E-state index is 11.8. The van der Waals surface area contributed by atoms with Gasteiger partial charge in [0, 0.05) is 25.7 Å². The Morgan fingerprint density at radius 2 is 2.00 bits per heavy atom. The summed E-state index contributed by atoms with van der Waals surface area (Å²) in [6, 6.07) is 0.490. The van der Waals surface area contributed by atoms with E-state index in [9.17, 15) is 8.42 Å². The third-order valence-electron chi connectivity index (χ3n) is 4.52. The molecule has 1 saturated carbocycles. The van der Waals surface area contributed by atoms with Gasteiger partial charge in [-0.2, -0.15) is 0 Å². The van der Waals surface area contributed by atoms with Crippen LogP contribution >= 0.6 is 0 Å². The van der Waals surface area contributed by atoms with Gasteiger partial charge in [0.2, 0.25) is 10.0 Å². The summed E-state index contributed by atoms with van der Waals surface area (Å²) in [5, 5.41) is 6.75. The Kier molecular flexibility index (Phi) is 6.50. The van der Waals surface area contributed by atoms with Crippen LogP contribution in [0.1, 0.15) is 46.0 Å². The van der Waals surface area contributed by atoms with E-state index in [0.29, 0.717) is 25.7 Å². The van der Waals surface area contributed by atoms with Crippen molar-refractivity contribution < 1.29 is 8.42 Å². The summed E-state index contributed by atoms with van der Waals surface area (Å²) in [6.07, 6.45) is 5.65. The third-order valence-corrected chi connectivity index (χ3v) is 6.48. The first-order chi connectivity index (χ1) is 10.5. The minimum atomic E-state index is -3.01. The monoisotopic (exact) mass is 330 g/mol. The number of sulfonamides is 1. The van der Waals surface area contributed by atoms with E-state index in [4.69, 9.17) is 0 Å². The van der Waals surface area contributed by atoms with Gasteiger partial charge in [0.25, 0.3) is 0 Å². The number of hydrogen-bond donors (Lipinski definition) is 2. The normalized spacial score (nSPS) is 29.5. The van der Waals surface area contributed by atoms with E-state index in [-0.39, 0.29) is 5.75 Å². The lowest BCUT2D eigenvalue weighted by Gasteiger charge is -2.28. The molecule has 7 heteroatoms. The average molecular weight is 330 g/mol. The molecule has 0 aromatic heterocycles. The third kappa shape index (κ3) is 5.12. The van der Waals surface area contributed by atoms with Crippen molar-refractivity contribution in [1.82, 2.24) is 14.9 Å². The zero-order valence-corrected chi connectivity index (χ0v) is 14.7. The lowest BCUT2D eigenvalue weighted by molar-refractivity contribution is 0.329. The van der Waals surface area contributed by atoms with Gasteiger partial charge < -0.3 is 10.6 Å². The van der Waals surface area contributed by atoms with Gasteiger partial charge in [-0.05, 0) is 44.9 Å². The van der Waals surface area contributed by atoms with Crippen LogP contribution in [0.25, 0.3) is 0 Å². The summed E-state index contributed by atoms with van der Waals surface area (Å²) < 4.78 is 25.1. The summed E-state index contributed by atoms with van der Waals surface area (Å²) in [5.74, 6) is 1.94. The second-order valence-electron chi connectivity index (χ2n) is 6.43. The molecule has 6 nitrogen and oxygen atoms in total. The van der Waals surface area contributed by atoms with E-state index >= 15 is 0 Å². The molecule has 1 heterocycles. The number of nitrogens with zero attached hydrogens (tertiary/aromatic N) is 2. The van der Waals surface area contributed by atoms with Crippen LogP contribution in [0.2, 0.25) is 0 Å². The molecular weight excluding hydrogens is 300 g/mol. The van der Waals surface area contributed by atoms with Crippen molar-refractivity contribution in [3.8, 4) is 0 Å². The summed E-state index contributed by atoms with van der Waals surface area (Å²) >= 11 is 0. The second-order valence-corrected chi connectivity index (χ2v) is 8.52. The van der Waals surface area contributed by atoms with Crippen molar-refractivity contribution in [2.75, 3.05) is 31.9 Å². The molecule has 2 N–H and O–H groups in total. The molecule has 0 amide bonds. The Hall–Kier alpha value is -0.820. The molecule has 22 heavy (non-hydrogen) atoms. The molecule has 1 aliphatic heterocycles. The van der Waals surface area contributed by atoms with E-state index < -0.39 is 10.0 Å². The van der Waals surface area contributed by atoms with Crippen molar-refractivity contribution in [1.29, 1.82) is 0 Å². The zero-order valence-electron chi connectivity index (χ0n) is 13.8. The first-order valence-corrected chi connectivity index (χ1v) is 10.1. The van der Waals surface area contributed by atoms with Gasteiger partial charge in [-0.1, -0.05) is 6.92 Å². The predicted octanol–water partition coefficient (Wildman–Crippen LogP) is 1.16. The molecule has 128 valence electrons. The first kappa shape index (κ1) is 17.5. The van der Waals surface area contributed by atoms with Crippen LogP contribution in [0.3, 0.4) is 0 Å². The Morgan fingerprint density at radius 1 is 1.27 bits per heavy atom. The van der Waals surface area contributed by atoms with Gasteiger partial charge in [0.1, 0.15) is 0 Å². The molecule has 0 bridgehead atoms. The van der Waals surface area contributed by atoms with Crippen molar-refractivity contribution >= 4 is 16.0 Å². The topological polar surface area (TPSA) is 73.8 Å². The molecule has 2 rings (SSSR count). The zero-order chi connectivity index (χ0) is 16.0. The highest BCUT2D eigenvalue weighted by Gasteiger charge is 2.27. The minimum Gasteiger partial charge on any atom is -0.357 e. The lowest BCUT2D eigenvalue weighted by Crippen LogP contribution is -2.45. The molecular formula is C15H30N4O2S. The molecule has 0 radical (unpaired) electrons. The molecule has 2 fully saturated rings. The molecule has 0 aromatic carbocycles. The second kappa shape index (κ2) is 8.15. The molecule has 0 aromatic rings. The molecule has 0 spiro atoms. The van der Waals surface area contributed by atoms with Gasteiger partial charge >= 0.3 is 0 Å². The van der Waals surface area contributed by atoms with Crippen LogP contribution in [-0.4, -0.2) is 56.7 Å². The highest BCUT2D eigenvalue weighted by molar-refractivity contribution is 7.89. The van der Waals surface area contributed by atoms with Gasteiger partial charge in [-0.15, -0.1) is 0 Å². The van der Waals surface area contributed by atoms with Gasteiger partial charge in [-0.25, -0.2) is 12.7 Å². The van der Waals surface area contributed by atoms with Gasteiger partial charge in [0.05, 0.1) is 12.3 Å². The van der Waals surface area contributed by atoms with Crippen molar-refractivity contribution in [2.24, 2.45) is 10.9 Å². The Labute approximate surface area is 134 Å². The summed E-state index contributed by atoms with van der Waals surface area (Å²) in [7, 11) is -3.01. The standard InChI is InChI=1S/C15H30N4O2S/c1-3-16-15(18-14-7-5-13(2)6-8-14)17-9-11-19-10-4-12-22(19,20)21/h13-14H,3-12H2,1-2H3,(H2,16,17,18). The quantitative estimate of drug-likeness (QED) is 0.586. The molecule has 0 atom stereocenters. The van der Waals surface area contributed by atoms with Crippen LogP contribution in [0.5, 0.6) is 0 Å². The fourth-order valence-corrected chi connectivity index (χ4v) is 4.65. The Bertz CT molecular complexity index is 470. The van der Waals surface area contributed by atoms with E-state index in [0.717, 1.165) is 24.8 Å². The fourth-order valence-electron chi connectivity index (χ4n) is 3.13. The lowest BCUT2D eigenvalue weighted by atomic mass is 9.87. The van der Waals surface area contributed by atoms with Crippen LogP contribution < -0.4 is 10.6 Å². The maximum absolute atomic E-state index is 11.8. The van der Waals surface area contributed by atoms with Crippen molar-refractivity contribution in [2.45, 2.75) is 52.0 Å². The van der Waals surface area contributed by atoms with E-state index in [1.807, 2.05) is 6.92 Å². The number of guanidine groups is 1. The van der Waals surface area contributed by atoms with Crippen LogP contribution in [0.4, 0.5) is 0 Å². The fraction of sp³-hybridized carbons (Fsp3) is 0.933. The summed E-state index contributed by atoms with van der Waals surface area (Å²) in [5.41, 5.74) is 0. The predicted molar refractivity (Wildman–Crippen MR) is 90.5 cm³/mol. The molecule has 1 aliphatic carbocycles. The average Bonchev–Trinajstić information content (AvgIpc) is 2.81. The molecule has 0 unspecified atom stereocenters. The Morgan fingerprint density at radius 3 is 2.59 bits per heavy atom. The first-order valence-electron chi connectivity index (χ1n) is 8.54. The SMILES string of the molecule is CCNC(=NCCN1CCCS1(=O)=O)NC1CCC(C)CC1. The number of hydrogen-bond acceptors (Lipinski definition) is 3. The highest BCUT2D eigenvalue weighted by atomic mass is 32.2. The van der Waals surface area contributed by atoms with Crippen LogP contribution in [0.15, 0.2) is 4.99 Å². The van der Waals surface area contributed by atoms with E-state index in [1.165, 1.54) is 25.7 Å². The van der Waals surface area contributed by atoms with Crippen molar-refractivity contribution in [3.05, 3.63) is 0 Å². The summed E-state index contributed by atoms with van der Waals surface area (Å²) in [6.45, 7) is 6.81. The van der Waals surface area contributed by atoms with Gasteiger partial charge in [-0.3, -0.25) is 4.99 Å². The van der Waals surface area contributed by atoms with E-state index in [2.05, 4.69) is 22.5 Å². The minimum absolute atomic E-state index is 0.287. The number of rotatable bonds is 5. The smallest absolute Gasteiger partial charge is 0.214 e. The largest absolute Gasteiger partial charge is 0.357 e. The van der Waals surface area contributed by atoms with Crippen LogP contribution in [0, 0.1) is 5.92 Å². The molecule has 2 aliphatic rings. The Balaban J connectivity index is 1.82. The number of nitrogens with one attached hydrogen (secondary N) is 2. The molecule has 1 saturated heterocycles. The summed E-state index contributed by atoms with van der Waals surface area (Å²) in [4.78, 5) is 4.54. The van der Waals surface area contributed by atoms with E-state index in [1.54, 1.807) is 4.31 Å². The van der Waals surface area contributed by atoms with Crippen LogP contribution in [-0.2, 0) is 10.0 Å². The van der Waals surface area contributed by atoms with Gasteiger partial charge in [0.15, 0.2) is 5.96 Å². The maximum Gasteiger partial charge on any atom is 0.214 e.